The predicted molar refractivity (Wildman–Crippen MR) is 128 cm³/mol. The van der Waals surface area contributed by atoms with E-state index in [4.69, 9.17) is 0 Å². The number of alkyl halides is 3. The number of hydrogen-bond donors (Lipinski definition) is 0. The largest absolute Gasteiger partial charge is 0.453 e. The van der Waals surface area contributed by atoms with Crippen molar-refractivity contribution in [1.82, 2.24) is 24.6 Å². The van der Waals surface area contributed by atoms with Gasteiger partial charge >= 0.3 is 12.2 Å². The van der Waals surface area contributed by atoms with Gasteiger partial charge in [-0.3, -0.25) is 0 Å². The van der Waals surface area contributed by atoms with E-state index in [0.29, 0.717) is 18.5 Å². The standard InChI is InChI=1S/C25H31F3N5OP/c1-35(2)20-5-3-17(4-6-20)7-18-8-23(9-18)12-31(13-23)22(34)32-14-24(15-32)10-19(11-24)33-16-29-21(30-33)25(26,27)28/h3-6,16,18-19H,7-15H2,1-2H3. The maximum atomic E-state index is 12.9. The summed E-state index contributed by atoms with van der Waals surface area (Å²) in [7, 11) is -0.0454. The summed E-state index contributed by atoms with van der Waals surface area (Å²) in [6.07, 6.45) is 1.71. The lowest BCUT2D eigenvalue weighted by Gasteiger charge is -2.63. The Bertz CT molecular complexity index is 1100. The Labute approximate surface area is 204 Å². The van der Waals surface area contributed by atoms with Gasteiger partial charge < -0.3 is 9.80 Å². The average molecular weight is 506 g/mol. The molecule has 2 amide bonds. The van der Waals surface area contributed by atoms with Gasteiger partial charge in [0.15, 0.2) is 0 Å². The Hall–Kier alpha value is -2.15. The summed E-state index contributed by atoms with van der Waals surface area (Å²) in [5.41, 5.74) is 1.79. The molecule has 0 radical (unpaired) electrons. The monoisotopic (exact) mass is 505 g/mol. The average Bonchev–Trinajstić information content (AvgIpc) is 3.17. The summed E-state index contributed by atoms with van der Waals surface area (Å²) in [5.74, 6) is -0.366. The highest BCUT2D eigenvalue weighted by molar-refractivity contribution is 7.64. The molecule has 2 spiro atoms. The van der Waals surface area contributed by atoms with E-state index in [2.05, 4.69) is 47.7 Å². The fourth-order valence-corrected chi connectivity index (χ4v) is 7.54. The molecule has 0 atom stereocenters. The van der Waals surface area contributed by atoms with Crippen LogP contribution in [0.2, 0.25) is 0 Å². The van der Waals surface area contributed by atoms with Crippen molar-refractivity contribution in [2.75, 3.05) is 39.5 Å². The number of urea groups is 1. The molecule has 0 bridgehead atoms. The van der Waals surface area contributed by atoms with Gasteiger partial charge in [0.1, 0.15) is 6.33 Å². The number of nitrogens with zero attached hydrogens (tertiary/aromatic N) is 5. The fourth-order valence-electron chi connectivity index (χ4n) is 6.79. The highest BCUT2D eigenvalue weighted by Crippen LogP contribution is 2.56. The molecule has 2 saturated heterocycles. The van der Waals surface area contributed by atoms with Crippen LogP contribution in [0.25, 0.3) is 0 Å². The number of aromatic nitrogens is 3. The van der Waals surface area contributed by atoms with Gasteiger partial charge in [-0.05, 0) is 62.2 Å². The fraction of sp³-hybridized carbons (Fsp3) is 0.640. The molecule has 10 heteroatoms. The third-order valence-electron chi connectivity index (χ3n) is 8.54. The summed E-state index contributed by atoms with van der Waals surface area (Å²) in [6.45, 7) is 7.68. The maximum absolute atomic E-state index is 12.9. The summed E-state index contributed by atoms with van der Waals surface area (Å²) < 4.78 is 39.5. The minimum atomic E-state index is -4.51. The normalized spacial score (nSPS) is 23.3. The first kappa shape index (κ1) is 23.3. The Morgan fingerprint density at radius 2 is 1.57 bits per heavy atom. The van der Waals surface area contributed by atoms with Crippen LogP contribution in [0.5, 0.6) is 0 Å². The van der Waals surface area contributed by atoms with Crippen LogP contribution in [0.1, 0.15) is 43.1 Å². The molecular weight excluding hydrogens is 474 g/mol. The molecule has 188 valence electrons. The Morgan fingerprint density at radius 3 is 2.09 bits per heavy atom. The van der Waals surface area contributed by atoms with Crippen LogP contribution in [-0.4, -0.2) is 70.1 Å². The minimum absolute atomic E-state index is 0.0427. The number of amides is 2. The molecule has 2 aliphatic heterocycles. The molecule has 2 aliphatic carbocycles. The van der Waals surface area contributed by atoms with Crippen LogP contribution in [0.4, 0.5) is 18.0 Å². The smallest absolute Gasteiger partial charge is 0.323 e. The molecule has 1 aromatic heterocycles. The zero-order valence-corrected chi connectivity index (χ0v) is 21.0. The van der Waals surface area contributed by atoms with Crippen molar-refractivity contribution < 1.29 is 18.0 Å². The summed E-state index contributed by atoms with van der Waals surface area (Å²) in [5, 5.41) is 5.05. The predicted octanol–water partition coefficient (Wildman–Crippen LogP) is 4.38. The van der Waals surface area contributed by atoms with E-state index in [1.54, 1.807) is 0 Å². The first-order chi connectivity index (χ1) is 16.5. The van der Waals surface area contributed by atoms with E-state index in [0.717, 1.165) is 38.3 Å². The molecule has 6 rings (SSSR count). The van der Waals surface area contributed by atoms with Gasteiger partial charge in [-0.25, -0.2) is 14.5 Å². The third-order valence-corrected chi connectivity index (χ3v) is 9.87. The second-order valence-electron chi connectivity index (χ2n) is 11.6. The Kier molecular flexibility index (Phi) is 5.27. The topological polar surface area (TPSA) is 54.3 Å². The van der Waals surface area contributed by atoms with Gasteiger partial charge in [-0.1, -0.05) is 32.2 Å². The number of carbonyl (C=O) groups excluding carboxylic acids is 1. The minimum Gasteiger partial charge on any atom is -0.323 e. The van der Waals surface area contributed by atoms with E-state index in [-0.39, 0.29) is 25.4 Å². The van der Waals surface area contributed by atoms with E-state index in [1.807, 2.05) is 9.80 Å². The van der Waals surface area contributed by atoms with E-state index < -0.39 is 12.0 Å². The van der Waals surface area contributed by atoms with Gasteiger partial charge in [-0.2, -0.15) is 13.2 Å². The van der Waals surface area contributed by atoms with Gasteiger partial charge in [0.2, 0.25) is 0 Å². The van der Waals surface area contributed by atoms with Crippen LogP contribution < -0.4 is 5.30 Å². The van der Waals surface area contributed by atoms with Crippen LogP contribution in [0.3, 0.4) is 0 Å². The lowest BCUT2D eigenvalue weighted by atomic mass is 9.56. The quantitative estimate of drug-likeness (QED) is 0.580. The maximum Gasteiger partial charge on any atom is 0.453 e. The number of rotatable bonds is 4. The van der Waals surface area contributed by atoms with Crippen molar-refractivity contribution in [1.29, 1.82) is 0 Å². The Balaban J connectivity index is 0.922. The molecule has 1 aromatic carbocycles. The summed E-state index contributed by atoms with van der Waals surface area (Å²) in [6, 6.07) is 9.17. The van der Waals surface area contributed by atoms with Gasteiger partial charge in [0.25, 0.3) is 5.82 Å². The SMILES string of the molecule is CP(C)c1ccc(CC2CC3(C2)CN(C(=O)N2CC4(CC(n5cnc(C(F)(F)F)n5)C4)C2)C3)cc1. The third kappa shape index (κ3) is 4.13. The summed E-state index contributed by atoms with van der Waals surface area (Å²) in [4.78, 5) is 20.2. The first-order valence-corrected chi connectivity index (χ1v) is 14.6. The molecule has 6 nitrogen and oxygen atoms in total. The summed E-state index contributed by atoms with van der Waals surface area (Å²) >= 11 is 0. The van der Waals surface area contributed by atoms with E-state index in [9.17, 15) is 18.0 Å². The molecule has 3 heterocycles. The Morgan fingerprint density at radius 1 is 1.00 bits per heavy atom. The van der Waals surface area contributed by atoms with Gasteiger partial charge in [0, 0.05) is 37.0 Å². The number of likely N-dealkylation sites (tertiary alicyclic amines) is 2. The molecule has 2 saturated carbocycles. The number of carbonyl (C=O) groups is 1. The molecule has 35 heavy (non-hydrogen) atoms. The zero-order valence-electron chi connectivity index (χ0n) is 20.1. The van der Waals surface area contributed by atoms with Crippen LogP contribution in [-0.2, 0) is 12.6 Å². The first-order valence-electron chi connectivity index (χ1n) is 12.3. The van der Waals surface area contributed by atoms with E-state index >= 15 is 0 Å². The van der Waals surface area contributed by atoms with Crippen molar-refractivity contribution in [3.8, 4) is 0 Å². The molecule has 0 unspecified atom stereocenters. The van der Waals surface area contributed by atoms with Crippen molar-refractivity contribution in [2.24, 2.45) is 16.7 Å². The molecule has 4 aliphatic rings. The highest BCUT2D eigenvalue weighted by Gasteiger charge is 2.58. The van der Waals surface area contributed by atoms with Gasteiger partial charge in [-0.15, -0.1) is 5.10 Å². The van der Waals surface area contributed by atoms with Crippen LogP contribution >= 0.6 is 7.92 Å². The molecular formula is C25H31F3N5OP. The van der Waals surface area contributed by atoms with Crippen molar-refractivity contribution in [3.63, 3.8) is 0 Å². The molecule has 0 N–H and O–H groups in total. The second kappa shape index (κ2) is 7.92. The van der Waals surface area contributed by atoms with Crippen molar-refractivity contribution in [2.45, 2.75) is 44.3 Å². The van der Waals surface area contributed by atoms with Crippen LogP contribution in [0.15, 0.2) is 30.6 Å². The number of hydrogen-bond acceptors (Lipinski definition) is 3. The van der Waals surface area contributed by atoms with Gasteiger partial charge in [0.05, 0.1) is 6.04 Å². The van der Waals surface area contributed by atoms with E-state index in [1.165, 1.54) is 34.7 Å². The number of benzene rings is 1. The molecule has 2 aromatic rings. The van der Waals surface area contributed by atoms with Crippen LogP contribution in [0, 0.1) is 16.7 Å². The molecule has 4 fully saturated rings. The van der Waals surface area contributed by atoms with Crippen molar-refractivity contribution in [3.05, 3.63) is 42.0 Å². The zero-order chi connectivity index (χ0) is 24.6. The lowest BCUT2D eigenvalue weighted by molar-refractivity contribution is -0.145. The van der Waals surface area contributed by atoms with Crippen molar-refractivity contribution >= 4 is 19.3 Å². The lowest BCUT2D eigenvalue weighted by Crippen LogP contribution is -2.71. The second-order valence-corrected chi connectivity index (χ2v) is 13.9. The number of halogens is 3. The highest BCUT2D eigenvalue weighted by atomic mass is 31.1.